The van der Waals surface area contributed by atoms with Crippen molar-refractivity contribution in [1.82, 2.24) is 0 Å². The van der Waals surface area contributed by atoms with Crippen molar-refractivity contribution < 1.29 is 19.6 Å². The van der Waals surface area contributed by atoms with E-state index in [1.54, 1.807) is 0 Å². The quantitative estimate of drug-likeness (QED) is 0.507. The molecule has 0 aromatic heterocycles. The van der Waals surface area contributed by atoms with Crippen LogP contribution in [-0.2, 0) is 4.79 Å². The molecule has 0 saturated heterocycles. The van der Waals surface area contributed by atoms with E-state index in [1.807, 2.05) is 0 Å². The average Bonchev–Trinajstić information content (AvgIpc) is 2.37. The Kier molecular flexibility index (Phi) is 5.01. The number of nitro groups is 1. The minimum atomic E-state index is -0.938. The van der Waals surface area contributed by atoms with Gasteiger partial charge in [-0.2, -0.15) is 0 Å². The minimum absolute atomic E-state index is 0.142. The summed E-state index contributed by atoms with van der Waals surface area (Å²) in [6, 6.07) is 3.74. The van der Waals surface area contributed by atoms with E-state index in [4.69, 9.17) is 10.8 Å². The van der Waals surface area contributed by atoms with Crippen molar-refractivity contribution in [2.24, 2.45) is 11.7 Å². The van der Waals surface area contributed by atoms with Crippen molar-refractivity contribution in [2.45, 2.75) is 13.3 Å². The fraction of sp³-hybridized carbons (Fsp3) is 0.333. The van der Waals surface area contributed by atoms with Crippen LogP contribution in [0.2, 0.25) is 0 Å². The van der Waals surface area contributed by atoms with E-state index in [0.29, 0.717) is 6.42 Å². The van der Waals surface area contributed by atoms with Crippen LogP contribution in [0.5, 0.6) is 0 Å². The Morgan fingerprint density at radius 3 is 2.65 bits per heavy atom. The summed E-state index contributed by atoms with van der Waals surface area (Å²) in [5.41, 5.74) is 5.20. The van der Waals surface area contributed by atoms with Gasteiger partial charge < -0.3 is 16.2 Å². The lowest BCUT2D eigenvalue weighted by Gasteiger charge is -2.10. The number of carboxylic acids is 1. The van der Waals surface area contributed by atoms with Crippen LogP contribution >= 0.6 is 0 Å². The third kappa shape index (κ3) is 3.94. The molecule has 8 heteroatoms. The number of rotatable bonds is 7. The first kappa shape index (κ1) is 15.4. The van der Waals surface area contributed by atoms with Gasteiger partial charge in [0.2, 0.25) is 5.91 Å². The topological polar surface area (TPSA) is 136 Å². The number of nitrogens with two attached hydrogens (primary N) is 1. The Morgan fingerprint density at radius 1 is 1.50 bits per heavy atom. The Labute approximate surface area is 114 Å². The number of benzene rings is 1. The second kappa shape index (κ2) is 6.50. The van der Waals surface area contributed by atoms with Crippen LogP contribution in [0.25, 0.3) is 0 Å². The molecule has 0 aliphatic rings. The van der Waals surface area contributed by atoms with E-state index < -0.39 is 22.7 Å². The molecule has 0 heterocycles. The monoisotopic (exact) mass is 281 g/mol. The van der Waals surface area contributed by atoms with Gasteiger partial charge >= 0.3 is 5.97 Å². The van der Waals surface area contributed by atoms with Gasteiger partial charge in [-0.1, -0.05) is 6.92 Å². The van der Waals surface area contributed by atoms with Gasteiger partial charge in [0.15, 0.2) is 0 Å². The molecule has 1 unspecified atom stereocenters. The molecule has 8 nitrogen and oxygen atoms in total. The standard InChI is InChI=1S/C12H15N3O5/c1-7(12(17)18)4-5-14-9-6-8(11(13)16)2-3-10(9)15(19)20/h2-3,6-7,14H,4-5H2,1H3,(H2,13,16)(H,17,18). The number of anilines is 1. The molecule has 0 fully saturated rings. The molecular weight excluding hydrogens is 266 g/mol. The van der Waals surface area contributed by atoms with Crippen LogP contribution in [0.15, 0.2) is 18.2 Å². The van der Waals surface area contributed by atoms with Gasteiger partial charge in [-0.25, -0.2) is 0 Å². The SMILES string of the molecule is CC(CCNc1cc(C(N)=O)ccc1[N+](=O)[O-])C(=O)O. The molecule has 0 radical (unpaired) electrons. The van der Waals surface area contributed by atoms with Crippen molar-refractivity contribution in [1.29, 1.82) is 0 Å². The molecule has 0 aliphatic heterocycles. The smallest absolute Gasteiger partial charge is 0.306 e. The Morgan fingerprint density at radius 2 is 2.15 bits per heavy atom. The molecule has 4 N–H and O–H groups in total. The molecule has 0 bridgehead atoms. The first-order valence-electron chi connectivity index (χ1n) is 5.88. The molecule has 1 atom stereocenters. The van der Waals surface area contributed by atoms with Crippen molar-refractivity contribution in [3.63, 3.8) is 0 Å². The molecule has 1 amide bonds. The van der Waals surface area contributed by atoms with Gasteiger partial charge in [0.25, 0.3) is 5.69 Å². The zero-order valence-electron chi connectivity index (χ0n) is 10.8. The highest BCUT2D eigenvalue weighted by molar-refractivity contribution is 5.94. The summed E-state index contributed by atoms with van der Waals surface area (Å²) in [5, 5.41) is 22.4. The van der Waals surface area contributed by atoms with E-state index in [0.717, 1.165) is 0 Å². The number of primary amides is 1. The van der Waals surface area contributed by atoms with Gasteiger partial charge in [0, 0.05) is 18.2 Å². The van der Waals surface area contributed by atoms with Crippen molar-refractivity contribution >= 4 is 23.3 Å². The molecule has 1 rings (SSSR count). The van der Waals surface area contributed by atoms with Gasteiger partial charge in [0.1, 0.15) is 5.69 Å². The summed E-state index contributed by atoms with van der Waals surface area (Å²) >= 11 is 0. The van der Waals surface area contributed by atoms with Crippen LogP contribution in [0.1, 0.15) is 23.7 Å². The molecular formula is C12H15N3O5. The Hall–Kier alpha value is -2.64. The molecule has 0 saturated carbocycles. The number of amides is 1. The predicted molar refractivity (Wildman–Crippen MR) is 71.5 cm³/mol. The number of carbonyl (C=O) groups excluding carboxylic acids is 1. The number of nitrogens with zero attached hydrogens (tertiary/aromatic N) is 1. The highest BCUT2D eigenvalue weighted by Crippen LogP contribution is 2.25. The molecule has 0 aliphatic carbocycles. The van der Waals surface area contributed by atoms with Crippen LogP contribution in [0, 0.1) is 16.0 Å². The Bertz CT molecular complexity index is 544. The largest absolute Gasteiger partial charge is 0.481 e. The number of hydrogen-bond donors (Lipinski definition) is 3. The maximum atomic E-state index is 11.1. The highest BCUT2D eigenvalue weighted by Gasteiger charge is 2.16. The third-order valence-electron chi connectivity index (χ3n) is 2.79. The number of aliphatic carboxylic acids is 1. The summed E-state index contributed by atoms with van der Waals surface area (Å²) in [5.74, 6) is -2.20. The van der Waals surface area contributed by atoms with E-state index in [1.165, 1.54) is 25.1 Å². The lowest BCUT2D eigenvalue weighted by atomic mass is 10.1. The number of nitro benzene ring substituents is 1. The second-order valence-corrected chi connectivity index (χ2v) is 4.31. The van der Waals surface area contributed by atoms with Gasteiger partial charge in [-0.3, -0.25) is 19.7 Å². The summed E-state index contributed by atoms with van der Waals surface area (Å²) in [4.78, 5) is 32.0. The van der Waals surface area contributed by atoms with Gasteiger partial charge in [0.05, 0.1) is 10.8 Å². The lowest BCUT2D eigenvalue weighted by molar-refractivity contribution is -0.384. The average molecular weight is 281 g/mol. The third-order valence-corrected chi connectivity index (χ3v) is 2.79. The summed E-state index contributed by atoms with van der Waals surface area (Å²) in [6.07, 6.45) is 0.299. The van der Waals surface area contributed by atoms with Gasteiger partial charge in [-0.15, -0.1) is 0 Å². The minimum Gasteiger partial charge on any atom is -0.481 e. The number of carbonyl (C=O) groups is 2. The van der Waals surface area contributed by atoms with Crippen molar-refractivity contribution in [3.05, 3.63) is 33.9 Å². The number of carboxylic acid groups (broad SMARTS) is 1. The molecule has 1 aromatic carbocycles. The van der Waals surface area contributed by atoms with E-state index in [-0.39, 0.29) is 23.5 Å². The maximum Gasteiger partial charge on any atom is 0.306 e. The fourth-order valence-electron chi connectivity index (χ4n) is 1.54. The van der Waals surface area contributed by atoms with Crippen LogP contribution in [0.3, 0.4) is 0 Å². The zero-order chi connectivity index (χ0) is 15.3. The Balaban J connectivity index is 2.85. The predicted octanol–water partition coefficient (Wildman–Crippen LogP) is 1.22. The highest BCUT2D eigenvalue weighted by atomic mass is 16.6. The second-order valence-electron chi connectivity index (χ2n) is 4.31. The van der Waals surface area contributed by atoms with E-state index in [2.05, 4.69) is 5.32 Å². The van der Waals surface area contributed by atoms with Crippen LogP contribution < -0.4 is 11.1 Å². The zero-order valence-corrected chi connectivity index (χ0v) is 10.8. The van der Waals surface area contributed by atoms with Gasteiger partial charge in [-0.05, 0) is 18.6 Å². The first-order chi connectivity index (χ1) is 9.32. The summed E-state index contributed by atoms with van der Waals surface area (Å²) < 4.78 is 0. The van der Waals surface area contributed by atoms with Crippen LogP contribution in [-0.4, -0.2) is 28.5 Å². The maximum absolute atomic E-state index is 11.1. The molecule has 1 aromatic rings. The number of hydrogen-bond acceptors (Lipinski definition) is 5. The van der Waals surface area contributed by atoms with E-state index in [9.17, 15) is 19.7 Å². The molecule has 20 heavy (non-hydrogen) atoms. The lowest BCUT2D eigenvalue weighted by Crippen LogP contribution is -2.16. The molecule has 108 valence electrons. The van der Waals surface area contributed by atoms with E-state index >= 15 is 0 Å². The molecule has 0 spiro atoms. The first-order valence-corrected chi connectivity index (χ1v) is 5.88. The van der Waals surface area contributed by atoms with Crippen molar-refractivity contribution in [3.8, 4) is 0 Å². The van der Waals surface area contributed by atoms with Crippen molar-refractivity contribution in [2.75, 3.05) is 11.9 Å². The van der Waals surface area contributed by atoms with Crippen LogP contribution in [0.4, 0.5) is 11.4 Å². The normalized spacial score (nSPS) is 11.7. The summed E-state index contributed by atoms with van der Waals surface area (Å²) in [6.45, 7) is 1.77. The number of nitrogens with one attached hydrogen (secondary N) is 1. The fourth-order valence-corrected chi connectivity index (χ4v) is 1.54. The summed E-state index contributed by atoms with van der Waals surface area (Å²) in [7, 11) is 0.